The van der Waals surface area contributed by atoms with Crippen LogP contribution in [0.3, 0.4) is 0 Å². The molecule has 0 spiro atoms. The van der Waals surface area contributed by atoms with Crippen molar-refractivity contribution in [1.82, 2.24) is 30.2 Å². The van der Waals surface area contributed by atoms with Crippen LogP contribution in [0.25, 0.3) is 22.8 Å². The minimum absolute atomic E-state index is 0.413. The summed E-state index contributed by atoms with van der Waals surface area (Å²) in [6.07, 6.45) is 10.7. The molecule has 0 aromatic carbocycles. The molecule has 7 heteroatoms. The van der Waals surface area contributed by atoms with Crippen LogP contribution < -0.4 is 10.6 Å². The van der Waals surface area contributed by atoms with E-state index in [2.05, 4.69) is 35.6 Å². The van der Waals surface area contributed by atoms with Crippen LogP contribution in [0, 0.1) is 0 Å². The van der Waals surface area contributed by atoms with Gasteiger partial charge in [0.05, 0.1) is 11.9 Å². The largest absolute Gasteiger partial charge is 0.367 e. The average molecular weight is 333 g/mol. The molecule has 0 unspecified atom stereocenters. The van der Waals surface area contributed by atoms with Gasteiger partial charge >= 0.3 is 0 Å². The smallest absolute Gasteiger partial charge is 0.182 e. The summed E-state index contributed by atoms with van der Waals surface area (Å²) in [6, 6.07) is 6.28. The van der Waals surface area contributed by atoms with Gasteiger partial charge in [-0.1, -0.05) is 0 Å². The van der Waals surface area contributed by atoms with Crippen molar-refractivity contribution < 1.29 is 0 Å². The van der Waals surface area contributed by atoms with Gasteiger partial charge in [0.15, 0.2) is 5.82 Å². The molecular formula is C18H19N7. The van der Waals surface area contributed by atoms with Crippen LogP contribution in [0.5, 0.6) is 0 Å². The van der Waals surface area contributed by atoms with Gasteiger partial charge in [0.2, 0.25) is 0 Å². The van der Waals surface area contributed by atoms with Gasteiger partial charge in [-0.2, -0.15) is 0 Å². The van der Waals surface area contributed by atoms with Crippen LogP contribution in [0.2, 0.25) is 0 Å². The predicted octanol–water partition coefficient (Wildman–Crippen LogP) is 2.16. The lowest BCUT2D eigenvalue weighted by atomic mass is 10.1. The van der Waals surface area contributed by atoms with Gasteiger partial charge in [-0.15, -0.1) is 0 Å². The fraction of sp³-hybridized carbons (Fsp3) is 0.278. The van der Waals surface area contributed by atoms with Crippen LogP contribution in [0.1, 0.15) is 12.8 Å². The van der Waals surface area contributed by atoms with Gasteiger partial charge in [0.25, 0.3) is 0 Å². The van der Waals surface area contributed by atoms with E-state index in [0.29, 0.717) is 17.6 Å². The minimum atomic E-state index is 0.413. The highest BCUT2D eigenvalue weighted by Gasteiger charge is 2.15. The molecule has 126 valence electrons. The summed E-state index contributed by atoms with van der Waals surface area (Å²) in [6.45, 7) is 2.05. The molecule has 3 aromatic rings. The Labute approximate surface area is 146 Å². The van der Waals surface area contributed by atoms with E-state index in [1.165, 1.54) is 0 Å². The maximum Gasteiger partial charge on any atom is 0.182 e. The number of hydrogen-bond donors (Lipinski definition) is 2. The van der Waals surface area contributed by atoms with Crippen LogP contribution in [0.4, 0.5) is 5.82 Å². The molecule has 0 atom stereocenters. The number of nitrogens with zero attached hydrogens (tertiary/aromatic N) is 5. The first kappa shape index (κ1) is 15.6. The van der Waals surface area contributed by atoms with E-state index in [1.54, 1.807) is 31.0 Å². The van der Waals surface area contributed by atoms with Crippen molar-refractivity contribution in [2.75, 3.05) is 18.4 Å². The zero-order valence-corrected chi connectivity index (χ0v) is 13.8. The molecule has 3 aromatic heterocycles. The molecule has 4 rings (SSSR count). The van der Waals surface area contributed by atoms with Crippen LogP contribution in [-0.2, 0) is 0 Å². The highest BCUT2D eigenvalue weighted by molar-refractivity contribution is 5.65. The second kappa shape index (κ2) is 7.31. The molecule has 0 bridgehead atoms. The van der Waals surface area contributed by atoms with E-state index in [9.17, 15) is 0 Å². The summed E-state index contributed by atoms with van der Waals surface area (Å²) >= 11 is 0. The summed E-state index contributed by atoms with van der Waals surface area (Å²) in [4.78, 5) is 21.9. The maximum absolute atomic E-state index is 4.67. The summed E-state index contributed by atoms with van der Waals surface area (Å²) in [5.41, 5.74) is 2.50. The summed E-state index contributed by atoms with van der Waals surface area (Å²) in [5.74, 6) is 1.38. The number of piperidine rings is 1. The fourth-order valence-corrected chi connectivity index (χ4v) is 2.90. The van der Waals surface area contributed by atoms with E-state index in [1.807, 2.05) is 18.2 Å². The Hall–Kier alpha value is -2.93. The Morgan fingerprint density at radius 3 is 2.52 bits per heavy atom. The molecule has 25 heavy (non-hydrogen) atoms. The Morgan fingerprint density at radius 2 is 1.76 bits per heavy atom. The number of pyridine rings is 1. The van der Waals surface area contributed by atoms with E-state index in [0.717, 1.165) is 43.0 Å². The van der Waals surface area contributed by atoms with Crippen LogP contribution in [0.15, 0.2) is 49.2 Å². The van der Waals surface area contributed by atoms with Crippen molar-refractivity contribution in [3.8, 4) is 22.8 Å². The maximum atomic E-state index is 4.67. The van der Waals surface area contributed by atoms with Crippen molar-refractivity contribution in [3.63, 3.8) is 0 Å². The average Bonchev–Trinajstić information content (AvgIpc) is 2.70. The number of aromatic nitrogens is 5. The van der Waals surface area contributed by atoms with E-state index in [4.69, 9.17) is 0 Å². The number of nitrogens with one attached hydrogen (secondary N) is 2. The molecule has 1 aliphatic rings. The molecule has 7 nitrogen and oxygen atoms in total. The Morgan fingerprint density at radius 1 is 0.920 bits per heavy atom. The van der Waals surface area contributed by atoms with Crippen molar-refractivity contribution in [2.24, 2.45) is 0 Å². The van der Waals surface area contributed by atoms with Crippen LogP contribution in [-0.4, -0.2) is 44.1 Å². The molecule has 0 amide bonds. The zero-order valence-electron chi connectivity index (χ0n) is 13.8. The normalized spacial score (nSPS) is 15.0. The molecule has 1 fully saturated rings. The third-order valence-electron chi connectivity index (χ3n) is 4.19. The fourth-order valence-electron chi connectivity index (χ4n) is 2.90. The predicted molar refractivity (Wildman–Crippen MR) is 95.8 cm³/mol. The highest BCUT2D eigenvalue weighted by atomic mass is 15.1. The molecule has 4 heterocycles. The van der Waals surface area contributed by atoms with Gasteiger partial charge in [-0.05, 0) is 38.1 Å². The molecule has 2 N–H and O–H groups in total. The van der Waals surface area contributed by atoms with Gasteiger partial charge < -0.3 is 10.6 Å². The molecule has 0 saturated carbocycles. The molecule has 1 saturated heterocycles. The Balaban J connectivity index is 1.72. The first-order chi connectivity index (χ1) is 12.4. The standard InChI is InChI=1S/C18H19N7/c1-5-19-6-2-13(1)15-11-17(23-14-3-7-20-8-4-14)25-18(24-15)16-12-21-9-10-22-16/h1-2,5-6,9-12,14,20H,3-4,7-8H2,(H,23,24,25). The number of rotatable bonds is 4. The van der Waals surface area contributed by atoms with Crippen LogP contribution >= 0.6 is 0 Å². The first-order valence-electron chi connectivity index (χ1n) is 8.41. The van der Waals surface area contributed by atoms with Crippen molar-refractivity contribution >= 4 is 5.82 Å². The van der Waals surface area contributed by atoms with Gasteiger partial charge in [0.1, 0.15) is 11.5 Å². The molecule has 0 radical (unpaired) electrons. The van der Waals surface area contributed by atoms with E-state index in [-0.39, 0.29) is 0 Å². The summed E-state index contributed by atoms with van der Waals surface area (Å²) in [7, 11) is 0. The lowest BCUT2D eigenvalue weighted by molar-refractivity contribution is 0.478. The van der Waals surface area contributed by atoms with Gasteiger partial charge in [-0.25, -0.2) is 15.0 Å². The summed E-state index contributed by atoms with van der Waals surface area (Å²) in [5, 5.41) is 6.92. The lowest BCUT2D eigenvalue weighted by Gasteiger charge is -2.24. The number of anilines is 1. The SMILES string of the molecule is c1cc(-c2cc(NC3CCNCC3)nc(-c3cnccn3)n2)ccn1. The Bertz CT molecular complexity index is 760. The molecule has 0 aliphatic carbocycles. The quantitative estimate of drug-likeness (QED) is 0.756. The topological polar surface area (TPSA) is 88.5 Å². The van der Waals surface area contributed by atoms with Gasteiger partial charge in [-0.3, -0.25) is 9.97 Å². The highest BCUT2D eigenvalue weighted by Crippen LogP contribution is 2.23. The molecule has 1 aliphatic heterocycles. The number of hydrogen-bond acceptors (Lipinski definition) is 7. The Kier molecular flexibility index (Phi) is 4.56. The second-order valence-electron chi connectivity index (χ2n) is 5.96. The monoisotopic (exact) mass is 333 g/mol. The third-order valence-corrected chi connectivity index (χ3v) is 4.19. The minimum Gasteiger partial charge on any atom is -0.367 e. The molecular weight excluding hydrogens is 314 g/mol. The first-order valence-corrected chi connectivity index (χ1v) is 8.41. The lowest BCUT2D eigenvalue weighted by Crippen LogP contribution is -2.35. The van der Waals surface area contributed by atoms with Crippen molar-refractivity contribution in [2.45, 2.75) is 18.9 Å². The van der Waals surface area contributed by atoms with E-state index >= 15 is 0 Å². The van der Waals surface area contributed by atoms with Crippen molar-refractivity contribution in [3.05, 3.63) is 49.2 Å². The van der Waals surface area contributed by atoms with E-state index < -0.39 is 0 Å². The third kappa shape index (κ3) is 3.77. The van der Waals surface area contributed by atoms with Gasteiger partial charge in [0, 0.05) is 42.5 Å². The van der Waals surface area contributed by atoms with Crippen molar-refractivity contribution in [1.29, 1.82) is 0 Å². The summed E-state index contributed by atoms with van der Waals surface area (Å²) < 4.78 is 0. The zero-order chi connectivity index (χ0) is 16.9. The second-order valence-corrected chi connectivity index (χ2v) is 5.96.